The third-order valence-electron chi connectivity index (χ3n) is 2.94. The summed E-state index contributed by atoms with van der Waals surface area (Å²) in [6.07, 6.45) is 0. The van der Waals surface area contributed by atoms with Gasteiger partial charge in [-0.1, -0.05) is 11.6 Å². The minimum atomic E-state index is -0.494. The van der Waals surface area contributed by atoms with Crippen molar-refractivity contribution >= 4 is 23.4 Å². The maximum Gasteiger partial charge on any atom is 0.291 e. The lowest BCUT2D eigenvalue weighted by Gasteiger charge is -2.09. The maximum atomic E-state index is 12.0. The quantitative estimate of drug-likeness (QED) is 0.912. The van der Waals surface area contributed by atoms with Crippen LogP contribution in [0.15, 0.2) is 24.3 Å². The lowest BCUT2D eigenvalue weighted by molar-refractivity contribution is -0.127. The molecule has 2 aromatic rings. The largest absolute Gasteiger partial charge is 0.347 e. The van der Waals surface area contributed by atoms with Gasteiger partial charge in [0.1, 0.15) is 5.82 Å². The Morgan fingerprint density at radius 3 is 2.50 bits per heavy atom. The van der Waals surface area contributed by atoms with Crippen molar-refractivity contribution in [1.82, 2.24) is 25.0 Å². The highest BCUT2D eigenvalue weighted by Crippen LogP contribution is 2.14. The summed E-state index contributed by atoms with van der Waals surface area (Å²) in [4.78, 5) is 28.9. The second kappa shape index (κ2) is 6.57. The van der Waals surface area contributed by atoms with Gasteiger partial charge in [0.25, 0.3) is 5.91 Å². The van der Waals surface area contributed by atoms with E-state index in [0.29, 0.717) is 10.8 Å². The Balaban J connectivity index is 2.14. The number of benzene rings is 1. The third kappa shape index (κ3) is 3.62. The van der Waals surface area contributed by atoms with E-state index in [-0.39, 0.29) is 18.3 Å². The predicted molar refractivity (Wildman–Crippen MR) is 82.1 cm³/mol. The van der Waals surface area contributed by atoms with Gasteiger partial charge in [-0.25, -0.2) is 9.67 Å². The van der Waals surface area contributed by atoms with Gasteiger partial charge in [0.15, 0.2) is 0 Å². The monoisotopic (exact) mass is 321 g/mol. The van der Waals surface area contributed by atoms with Gasteiger partial charge < -0.3 is 10.2 Å². The van der Waals surface area contributed by atoms with Crippen LogP contribution in [0.25, 0.3) is 5.69 Å². The highest BCUT2D eigenvalue weighted by Gasteiger charge is 2.16. The molecule has 0 saturated carbocycles. The van der Waals surface area contributed by atoms with E-state index in [9.17, 15) is 9.59 Å². The lowest BCUT2D eigenvalue weighted by atomic mass is 10.3. The summed E-state index contributed by atoms with van der Waals surface area (Å²) in [6, 6.07) is 7.02. The van der Waals surface area contributed by atoms with Gasteiger partial charge >= 0.3 is 0 Å². The zero-order valence-electron chi connectivity index (χ0n) is 12.5. The van der Waals surface area contributed by atoms with Crippen LogP contribution < -0.4 is 5.32 Å². The number of aromatic nitrogens is 3. The van der Waals surface area contributed by atoms with Crippen LogP contribution in [-0.4, -0.2) is 52.1 Å². The van der Waals surface area contributed by atoms with Crippen LogP contribution in [0.3, 0.4) is 0 Å². The van der Waals surface area contributed by atoms with E-state index in [0.717, 1.165) is 5.69 Å². The van der Waals surface area contributed by atoms with Crippen LogP contribution in [0.4, 0.5) is 0 Å². The SMILES string of the molecule is Cc1nc(C(=O)NCC(=O)N(C)C)nn1-c1ccc(Cl)cc1. The van der Waals surface area contributed by atoms with Crippen molar-refractivity contribution in [3.05, 3.63) is 40.9 Å². The predicted octanol–water partition coefficient (Wildman–Crippen LogP) is 1.05. The smallest absolute Gasteiger partial charge is 0.291 e. The Bertz CT molecular complexity index is 694. The zero-order valence-corrected chi connectivity index (χ0v) is 13.3. The molecule has 0 aliphatic heterocycles. The summed E-state index contributed by atoms with van der Waals surface area (Å²) < 4.78 is 1.54. The Hall–Kier alpha value is -2.41. The Morgan fingerprint density at radius 1 is 1.27 bits per heavy atom. The number of carbonyl (C=O) groups is 2. The topological polar surface area (TPSA) is 80.1 Å². The molecule has 8 heteroatoms. The molecule has 0 fully saturated rings. The fraction of sp³-hybridized carbons (Fsp3) is 0.286. The van der Waals surface area contributed by atoms with Gasteiger partial charge in [0, 0.05) is 19.1 Å². The fourth-order valence-electron chi connectivity index (χ4n) is 1.71. The summed E-state index contributed by atoms with van der Waals surface area (Å²) in [6.45, 7) is 1.64. The number of nitrogens with one attached hydrogen (secondary N) is 1. The van der Waals surface area contributed by atoms with Crippen LogP contribution in [0, 0.1) is 6.92 Å². The van der Waals surface area contributed by atoms with Crippen molar-refractivity contribution in [2.45, 2.75) is 6.92 Å². The molecule has 1 aromatic carbocycles. The summed E-state index contributed by atoms with van der Waals surface area (Å²) in [5.74, 6) is -0.126. The summed E-state index contributed by atoms with van der Waals surface area (Å²) >= 11 is 5.85. The molecule has 1 aromatic heterocycles. The van der Waals surface area contributed by atoms with Gasteiger partial charge in [-0.15, -0.1) is 5.10 Å². The highest BCUT2D eigenvalue weighted by molar-refractivity contribution is 6.30. The van der Waals surface area contributed by atoms with Crippen molar-refractivity contribution in [2.75, 3.05) is 20.6 Å². The molecule has 0 spiro atoms. The molecule has 0 bridgehead atoms. The first kappa shape index (κ1) is 16.0. The molecule has 0 saturated heterocycles. The molecule has 7 nitrogen and oxygen atoms in total. The fourth-order valence-corrected chi connectivity index (χ4v) is 1.83. The highest BCUT2D eigenvalue weighted by atomic mass is 35.5. The molecule has 2 rings (SSSR count). The van der Waals surface area contributed by atoms with Gasteiger partial charge in [-0.3, -0.25) is 9.59 Å². The van der Waals surface area contributed by atoms with Crippen molar-refractivity contribution < 1.29 is 9.59 Å². The van der Waals surface area contributed by atoms with Crippen LogP contribution in [0.5, 0.6) is 0 Å². The number of amides is 2. The Morgan fingerprint density at radius 2 is 1.91 bits per heavy atom. The number of nitrogens with zero attached hydrogens (tertiary/aromatic N) is 4. The van der Waals surface area contributed by atoms with Gasteiger partial charge in [-0.05, 0) is 31.2 Å². The van der Waals surface area contributed by atoms with Crippen LogP contribution in [0.1, 0.15) is 16.4 Å². The van der Waals surface area contributed by atoms with Gasteiger partial charge in [0.2, 0.25) is 11.7 Å². The average molecular weight is 322 g/mol. The van der Waals surface area contributed by atoms with E-state index < -0.39 is 5.91 Å². The van der Waals surface area contributed by atoms with Crippen LogP contribution in [-0.2, 0) is 4.79 Å². The third-order valence-corrected chi connectivity index (χ3v) is 3.19. The molecule has 1 N–H and O–H groups in total. The molecular weight excluding hydrogens is 306 g/mol. The van der Waals surface area contributed by atoms with Gasteiger partial charge in [-0.2, -0.15) is 0 Å². The summed E-state index contributed by atoms with van der Waals surface area (Å²) in [5.41, 5.74) is 0.748. The van der Waals surface area contributed by atoms with Crippen molar-refractivity contribution in [3.63, 3.8) is 0 Å². The number of aryl methyl sites for hydroxylation is 1. The standard InChI is InChI=1S/C14H16ClN5O2/c1-9-17-13(14(22)16-8-12(21)19(2)3)18-20(9)11-6-4-10(15)5-7-11/h4-7H,8H2,1-3H3,(H,16,22). The van der Waals surface area contributed by atoms with E-state index in [1.807, 2.05) is 0 Å². The second-order valence-electron chi connectivity index (χ2n) is 4.84. The van der Waals surface area contributed by atoms with Gasteiger partial charge in [0.05, 0.1) is 12.2 Å². The number of halogens is 1. The molecule has 0 aliphatic rings. The first-order valence-corrected chi connectivity index (χ1v) is 6.94. The lowest BCUT2D eigenvalue weighted by Crippen LogP contribution is -2.36. The minimum Gasteiger partial charge on any atom is -0.347 e. The number of carbonyl (C=O) groups excluding carboxylic acids is 2. The van der Waals surface area contributed by atoms with Crippen LogP contribution in [0.2, 0.25) is 5.02 Å². The Labute approximate surface area is 132 Å². The van der Waals surface area contributed by atoms with E-state index in [2.05, 4.69) is 15.4 Å². The molecular formula is C14H16ClN5O2. The van der Waals surface area contributed by atoms with E-state index >= 15 is 0 Å². The number of hydrogen-bond donors (Lipinski definition) is 1. The normalized spacial score (nSPS) is 10.4. The summed E-state index contributed by atoms with van der Waals surface area (Å²) in [5, 5.41) is 7.26. The molecule has 22 heavy (non-hydrogen) atoms. The van der Waals surface area contributed by atoms with Crippen LogP contribution >= 0.6 is 11.6 Å². The van der Waals surface area contributed by atoms with Crippen molar-refractivity contribution in [2.24, 2.45) is 0 Å². The maximum absolute atomic E-state index is 12.0. The van der Waals surface area contributed by atoms with Crippen molar-refractivity contribution in [1.29, 1.82) is 0 Å². The van der Waals surface area contributed by atoms with E-state index in [4.69, 9.17) is 11.6 Å². The first-order valence-electron chi connectivity index (χ1n) is 6.56. The molecule has 0 radical (unpaired) electrons. The summed E-state index contributed by atoms with van der Waals surface area (Å²) in [7, 11) is 3.23. The molecule has 0 atom stereocenters. The number of hydrogen-bond acceptors (Lipinski definition) is 4. The minimum absolute atomic E-state index is 0.0130. The second-order valence-corrected chi connectivity index (χ2v) is 5.28. The van der Waals surface area contributed by atoms with Crippen molar-refractivity contribution in [3.8, 4) is 5.69 Å². The molecule has 2 amide bonds. The average Bonchev–Trinajstić information content (AvgIpc) is 2.87. The molecule has 116 valence electrons. The number of rotatable bonds is 4. The zero-order chi connectivity index (χ0) is 16.3. The number of likely N-dealkylation sites (N-methyl/N-ethyl adjacent to an activating group) is 1. The first-order chi connectivity index (χ1) is 10.4. The van der Waals surface area contributed by atoms with E-state index in [1.165, 1.54) is 4.90 Å². The molecule has 0 aliphatic carbocycles. The molecule has 0 unspecified atom stereocenters. The Kier molecular flexibility index (Phi) is 4.77. The molecule has 1 heterocycles. The van der Waals surface area contributed by atoms with E-state index in [1.54, 1.807) is 50.0 Å².